The molecule has 0 bridgehead atoms. The molecule has 0 aliphatic carbocycles. The molecule has 0 amide bonds. The molecule has 0 fully saturated rings. The molecule has 4 nitrogen and oxygen atoms in total. The van der Waals surface area contributed by atoms with Gasteiger partial charge in [0.25, 0.3) is 0 Å². The van der Waals surface area contributed by atoms with Gasteiger partial charge in [-0.2, -0.15) is 0 Å². The fourth-order valence-electron chi connectivity index (χ4n) is 2.69. The molecule has 2 aromatic carbocycles. The molecule has 25 heavy (non-hydrogen) atoms. The number of benzene rings is 2. The van der Waals surface area contributed by atoms with Gasteiger partial charge in [0.15, 0.2) is 0 Å². The number of rotatable bonds is 5. The Morgan fingerprint density at radius 3 is 2.76 bits per heavy atom. The minimum atomic E-state index is -1.11. The lowest BCUT2D eigenvalue weighted by atomic mass is 9.71. The first-order valence-corrected chi connectivity index (χ1v) is 8.72. The van der Waals surface area contributed by atoms with Crippen molar-refractivity contribution in [3.8, 4) is 11.5 Å². The highest BCUT2D eigenvalue weighted by molar-refractivity contribution is 9.10. The predicted octanol–water partition coefficient (Wildman–Crippen LogP) is 4.20. The van der Waals surface area contributed by atoms with Crippen molar-refractivity contribution in [3.05, 3.63) is 82.3 Å². The summed E-state index contributed by atoms with van der Waals surface area (Å²) in [5.41, 5.74) is 1.91. The Balaban J connectivity index is 1.67. The summed E-state index contributed by atoms with van der Waals surface area (Å²) >= 11 is 3.38. The van der Waals surface area contributed by atoms with Crippen molar-refractivity contribution in [2.75, 3.05) is 6.61 Å². The third-order valence-corrected chi connectivity index (χ3v) is 4.51. The zero-order valence-electron chi connectivity index (χ0n) is 13.6. The number of hydrogen-bond donors (Lipinski definition) is 2. The summed E-state index contributed by atoms with van der Waals surface area (Å²) in [7, 11) is -1.11. The number of para-hydroxylation sites is 1. The highest BCUT2D eigenvalue weighted by atomic mass is 79.9. The fourth-order valence-corrected chi connectivity index (χ4v) is 3.07. The Morgan fingerprint density at radius 1 is 1.28 bits per heavy atom. The zero-order valence-corrected chi connectivity index (χ0v) is 15.1. The first-order chi connectivity index (χ1) is 12.0. The lowest BCUT2D eigenvalue weighted by Gasteiger charge is -2.27. The Bertz CT molecular complexity index is 791. The van der Waals surface area contributed by atoms with Crippen LogP contribution in [0.1, 0.15) is 18.1 Å². The van der Waals surface area contributed by atoms with Gasteiger partial charge in [-0.1, -0.05) is 46.8 Å². The summed E-state index contributed by atoms with van der Waals surface area (Å²) in [6, 6.07) is 14.6. The molecule has 128 valence electrons. The summed E-state index contributed by atoms with van der Waals surface area (Å²) in [5.74, 6) is 0.885. The van der Waals surface area contributed by atoms with E-state index in [1.807, 2.05) is 36.4 Å². The molecule has 3 rings (SSSR count). The second-order valence-electron chi connectivity index (χ2n) is 5.78. The first-order valence-electron chi connectivity index (χ1n) is 7.92. The fraction of sp³-hybridized carbons (Fsp3) is 0.158. The van der Waals surface area contributed by atoms with Crippen LogP contribution >= 0.6 is 15.9 Å². The van der Waals surface area contributed by atoms with E-state index in [0.29, 0.717) is 23.0 Å². The van der Waals surface area contributed by atoms with Gasteiger partial charge >= 0.3 is 7.12 Å². The van der Waals surface area contributed by atoms with Gasteiger partial charge in [-0.15, -0.1) is 0 Å². The third-order valence-electron chi connectivity index (χ3n) is 4.01. The van der Waals surface area contributed by atoms with Gasteiger partial charge in [0.05, 0.1) is 6.10 Å². The maximum Gasteiger partial charge on any atom is 0.491 e. The van der Waals surface area contributed by atoms with Crippen molar-refractivity contribution in [1.82, 2.24) is 0 Å². The van der Waals surface area contributed by atoms with E-state index in [1.54, 1.807) is 18.2 Å². The van der Waals surface area contributed by atoms with Gasteiger partial charge in [-0.25, -0.2) is 0 Å². The van der Waals surface area contributed by atoms with Crippen LogP contribution in [-0.4, -0.2) is 23.9 Å². The lowest BCUT2D eigenvalue weighted by molar-refractivity contribution is 0.164. The number of halogens is 1. The number of aromatic hydroxyl groups is 1. The van der Waals surface area contributed by atoms with Crippen molar-refractivity contribution >= 4 is 23.0 Å². The highest BCUT2D eigenvalue weighted by Gasteiger charge is 2.31. The molecule has 1 aliphatic rings. The molecule has 6 heteroatoms. The van der Waals surface area contributed by atoms with Crippen LogP contribution in [0.3, 0.4) is 0 Å². The van der Waals surface area contributed by atoms with Gasteiger partial charge in [-0.05, 0) is 47.8 Å². The second-order valence-corrected chi connectivity index (χ2v) is 6.70. The van der Waals surface area contributed by atoms with Gasteiger partial charge in [-0.3, -0.25) is 0 Å². The number of phenols is 1. The summed E-state index contributed by atoms with van der Waals surface area (Å²) in [6.07, 6.45) is 2.00. The summed E-state index contributed by atoms with van der Waals surface area (Å²) < 4.78 is 12.2. The van der Waals surface area contributed by atoms with E-state index >= 15 is 0 Å². The van der Waals surface area contributed by atoms with Gasteiger partial charge in [0.1, 0.15) is 18.1 Å². The van der Waals surface area contributed by atoms with Crippen LogP contribution in [-0.2, 0) is 4.65 Å². The number of hydrogen-bond acceptors (Lipinski definition) is 4. The molecule has 2 N–H and O–H groups in total. The smallest absolute Gasteiger partial charge is 0.491 e. The molecular weight excluding hydrogens is 383 g/mol. The van der Waals surface area contributed by atoms with E-state index in [0.717, 1.165) is 10.2 Å². The SMILES string of the molecule is C=C(COc1ccccc1)C1=CCC(c2cc(Br)ccc2O)OB1O. The Labute approximate surface area is 155 Å². The van der Waals surface area contributed by atoms with Gasteiger partial charge in [0, 0.05) is 10.0 Å². The van der Waals surface area contributed by atoms with Crippen LogP contribution < -0.4 is 4.74 Å². The molecular formula is C19H18BBrO4. The molecule has 0 spiro atoms. The van der Waals surface area contributed by atoms with E-state index in [-0.39, 0.29) is 12.4 Å². The third kappa shape index (κ3) is 4.34. The zero-order chi connectivity index (χ0) is 17.8. The summed E-state index contributed by atoms with van der Waals surface area (Å²) in [4.78, 5) is 0. The maximum absolute atomic E-state index is 10.3. The molecule has 1 aliphatic heterocycles. The molecule has 0 aromatic heterocycles. The first kappa shape index (κ1) is 17.8. The predicted molar refractivity (Wildman–Crippen MR) is 101 cm³/mol. The van der Waals surface area contributed by atoms with Crippen molar-refractivity contribution in [2.45, 2.75) is 12.5 Å². The van der Waals surface area contributed by atoms with E-state index in [4.69, 9.17) is 9.39 Å². The highest BCUT2D eigenvalue weighted by Crippen LogP contribution is 2.36. The quantitative estimate of drug-likeness (QED) is 0.738. The molecule has 0 radical (unpaired) electrons. The number of ether oxygens (including phenoxy) is 1. The molecule has 1 atom stereocenters. The van der Waals surface area contributed by atoms with E-state index in [1.165, 1.54) is 0 Å². The van der Waals surface area contributed by atoms with Crippen molar-refractivity contribution < 1.29 is 19.5 Å². The average Bonchev–Trinajstić information content (AvgIpc) is 2.62. The Morgan fingerprint density at radius 2 is 2.04 bits per heavy atom. The van der Waals surface area contributed by atoms with Crippen LogP contribution in [0.2, 0.25) is 0 Å². The van der Waals surface area contributed by atoms with Crippen LogP contribution in [0, 0.1) is 0 Å². The van der Waals surface area contributed by atoms with Gasteiger partial charge in [0.2, 0.25) is 0 Å². The molecule has 0 saturated heterocycles. The van der Waals surface area contributed by atoms with Crippen LogP contribution in [0.5, 0.6) is 11.5 Å². The molecule has 0 saturated carbocycles. The van der Waals surface area contributed by atoms with Crippen LogP contribution in [0.15, 0.2) is 76.7 Å². The van der Waals surface area contributed by atoms with Crippen molar-refractivity contribution in [3.63, 3.8) is 0 Å². The maximum atomic E-state index is 10.3. The van der Waals surface area contributed by atoms with Gasteiger partial charge < -0.3 is 19.5 Å². The summed E-state index contributed by atoms with van der Waals surface area (Å²) in [6.45, 7) is 4.25. The standard InChI is InChI=1S/C19H18BBrO4/c1-13(12-24-15-5-3-2-4-6-15)17-8-10-19(25-20(17)23)16-11-14(21)7-9-18(16)22/h2-9,11,19,22-23H,1,10,12H2. The van der Waals surface area contributed by atoms with Crippen LogP contribution in [0.25, 0.3) is 0 Å². The monoisotopic (exact) mass is 400 g/mol. The molecule has 1 unspecified atom stereocenters. The van der Waals surface area contributed by atoms with E-state index < -0.39 is 13.2 Å². The normalized spacial score (nSPS) is 17.1. The van der Waals surface area contributed by atoms with Crippen molar-refractivity contribution in [1.29, 1.82) is 0 Å². The number of phenolic OH excluding ortho intramolecular Hbond substituents is 1. The van der Waals surface area contributed by atoms with Crippen LogP contribution in [0.4, 0.5) is 0 Å². The Hall–Kier alpha value is -2.02. The average molecular weight is 401 g/mol. The largest absolute Gasteiger partial charge is 0.508 e. The van der Waals surface area contributed by atoms with E-state index in [2.05, 4.69) is 22.5 Å². The molecule has 2 aromatic rings. The van der Waals surface area contributed by atoms with Crippen molar-refractivity contribution in [2.24, 2.45) is 0 Å². The molecule has 1 heterocycles. The minimum absolute atomic E-state index is 0.142. The minimum Gasteiger partial charge on any atom is -0.508 e. The van der Waals surface area contributed by atoms with E-state index in [9.17, 15) is 10.1 Å². The lowest BCUT2D eigenvalue weighted by Crippen LogP contribution is -2.30. The second kappa shape index (κ2) is 7.91. The summed E-state index contributed by atoms with van der Waals surface area (Å²) in [5, 5.41) is 20.3. The topological polar surface area (TPSA) is 58.9 Å². The Kier molecular flexibility index (Phi) is 5.63.